The molecule has 1 atom stereocenters. The van der Waals surface area contributed by atoms with Crippen LogP contribution in [0.2, 0.25) is 0 Å². The molecule has 1 unspecified atom stereocenters. The molecule has 2 aliphatic rings. The van der Waals surface area contributed by atoms with Crippen LogP contribution in [-0.4, -0.2) is 80.8 Å². The number of pyridine rings is 2. The van der Waals surface area contributed by atoms with Crippen LogP contribution in [0.4, 0.5) is 26.3 Å². The molecule has 4 heterocycles. The molecule has 0 aliphatic carbocycles. The van der Waals surface area contributed by atoms with Gasteiger partial charge in [0.15, 0.2) is 0 Å². The predicted molar refractivity (Wildman–Crippen MR) is 113 cm³/mol. The van der Waals surface area contributed by atoms with E-state index in [0.29, 0.717) is 5.88 Å². The average Bonchev–Trinajstić information content (AvgIpc) is 2.79. The van der Waals surface area contributed by atoms with Gasteiger partial charge in [-0.2, -0.15) is 26.3 Å². The molecule has 0 amide bonds. The number of aromatic nitrogens is 2. The zero-order chi connectivity index (χ0) is 27.7. The average molecular weight is 539 g/mol. The molecule has 4 rings (SSSR count). The van der Waals surface area contributed by atoms with E-state index in [4.69, 9.17) is 29.3 Å². The van der Waals surface area contributed by atoms with E-state index in [1.807, 2.05) is 36.5 Å². The monoisotopic (exact) mass is 539 g/mol. The van der Waals surface area contributed by atoms with Crippen molar-refractivity contribution in [2.24, 2.45) is 0 Å². The molecule has 37 heavy (non-hydrogen) atoms. The van der Waals surface area contributed by atoms with Crippen molar-refractivity contribution < 1.29 is 55.6 Å². The second kappa shape index (κ2) is 12.7. The standard InChI is InChI=1S/C18H21N3O2.2C2HF3O2/c1-3-8-19-15(5-1)12-21-13-18(14-21)11-16(7-10-22-18)23-17-6-2-4-9-20-17;2*3-2(4,5)1(6)7/h1-6,8-9,16H,7,10-14H2;2*(H,6,7). The Hall–Kier alpha value is -3.46. The first-order valence-corrected chi connectivity index (χ1v) is 10.6. The molecular formula is C22H23F6N3O6. The summed E-state index contributed by atoms with van der Waals surface area (Å²) in [5.74, 6) is -4.81. The zero-order valence-electron chi connectivity index (χ0n) is 19.1. The van der Waals surface area contributed by atoms with E-state index in [1.54, 1.807) is 6.20 Å². The van der Waals surface area contributed by atoms with Gasteiger partial charge in [-0.25, -0.2) is 14.6 Å². The van der Waals surface area contributed by atoms with Crippen LogP contribution in [0.5, 0.6) is 5.88 Å². The van der Waals surface area contributed by atoms with Crippen molar-refractivity contribution in [3.8, 4) is 5.88 Å². The smallest absolute Gasteiger partial charge is 0.475 e. The molecule has 9 nitrogen and oxygen atoms in total. The van der Waals surface area contributed by atoms with Gasteiger partial charge in [0.05, 0.1) is 17.9 Å². The number of ether oxygens (including phenoxy) is 2. The highest BCUT2D eigenvalue weighted by molar-refractivity contribution is 5.73. The Morgan fingerprint density at radius 3 is 1.97 bits per heavy atom. The molecule has 2 aliphatic heterocycles. The van der Waals surface area contributed by atoms with E-state index in [9.17, 15) is 26.3 Å². The quantitative estimate of drug-likeness (QED) is 0.562. The number of rotatable bonds is 4. The van der Waals surface area contributed by atoms with Gasteiger partial charge in [0.2, 0.25) is 5.88 Å². The van der Waals surface area contributed by atoms with Crippen molar-refractivity contribution in [1.82, 2.24) is 14.9 Å². The van der Waals surface area contributed by atoms with Gasteiger partial charge in [-0.05, 0) is 18.2 Å². The van der Waals surface area contributed by atoms with Gasteiger partial charge in [0.25, 0.3) is 0 Å². The number of hydrogen-bond donors (Lipinski definition) is 2. The van der Waals surface area contributed by atoms with E-state index in [-0.39, 0.29) is 11.7 Å². The molecule has 15 heteroatoms. The van der Waals surface area contributed by atoms with Crippen molar-refractivity contribution >= 4 is 11.9 Å². The Balaban J connectivity index is 0.000000286. The second-order valence-corrected chi connectivity index (χ2v) is 8.00. The van der Waals surface area contributed by atoms with E-state index >= 15 is 0 Å². The van der Waals surface area contributed by atoms with Crippen LogP contribution in [0, 0.1) is 0 Å². The minimum absolute atomic E-state index is 0.0491. The van der Waals surface area contributed by atoms with E-state index in [0.717, 1.165) is 44.8 Å². The first-order valence-electron chi connectivity index (χ1n) is 10.6. The third kappa shape index (κ3) is 10.2. The Labute approximate surface area is 206 Å². The third-order valence-corrected chi connectivity index (χ3v) is 4.99. The summed E-state index contributed by atoms with van der Waals surface area (Å²) in [6, 6.07) is 11.8. The summed E-state index contributed by atoms with van der Waals surface area (Å²) >= 11 is 0. The lowest BCUT2D eigenvalue weighted by Crippen LogP contribution is -2.65. The zero-order valence-corrected chi connectivity index (χ0v) is 19.1. The van der Waals surface area contributed by atoms with Crippen LogP contribution in [-0.2, 0) is 20.9 Å². The lowest BCUT2D eigenvalue weighted by atomic mass is 9.84. The molecule has 1 spiro atoms. The number of carboxylic acids is 2. The lowest BCUT2D eigenvalue weighted by molar-refractivity contribution is -0.193. The fourth-order valence-corrected chi connectivity index (χ4v) is 3.49. The fourth-order valence-electron chi connectivity index (χ4n) is 3.49. The first kappa shape index (κ1) is 29.8. The summed E-state index contributed by atoms with van der Waals surface area (Å²) in [7, 11) is 0. The van der Waals surface area contributed by atoms with Crippen molar-refractivity contribution in [3.05, 3.63) is 54.5 Å². The van der Waals surface area contributed by atoms with Crippen molar-refractivity contribution in [1.29, 1.82) is 0 Å². The second-order valence-electron chi connectivity index (χ2n) is 8.00. The molecule has 0 bridgehead atoms. The summed E-state index contributed by atoms with van der Waals surface area (Å²) in [6.07, 6.45) is -4.50. The molecule has 2 fully saturated rings. The number of nitrogens with zero attached hydrogens (tertiary/aromatic N) is 3. The Kier molecular flexibility index (Phi) is 10.2. The van der Waals surface area contributed by atoms with Gasteiger partial charge in [-0.15, -0.1) is 0 Å². The fraction of sp³-hybridized carbons (Fsp3) is 0.455. The molecular weight excluding hydrogens is 516 g/mol. The normalized spacial score (nSPS) is 18.8. The largest absolute Gasteiger partial charge is 0.490 e. The van der Waals surface area contributed by atoms with Crippen LogP contribution >= 0.6 is 0 Å². The Bertz CT molecular complexity index is 977. The highest BCUT2D eigenvalue weighted by Gasteiger charge is 2.48. The van der Waals surface area contributed by atoms with E-state index in [1.165, 1.54) is 0 Å². The minimum atomic E-state index is -5.08. The van der Waals surface area contributed by atoms with Crippen LogP contribution in [0.15, 0.2) is 48.8 Å². The van der Waals surface area contributed by atoms with Gasteiger partial charge in [-0.1, -0.05) is 12.1 Å². The van der Waals surface area contributed by atoms with Gasteiger partial charge < -0.3 is 19.7 Å². The van der Waals surface area contributed by atoms with E-state index < -0.39 is 24.3 Å². The summed E-state index contributed by atoms with van der Waals surface area (Å²) in [4.78, 5) is 28.8. The molecule has 0 saturated carbocycles. The molecule has 2 aromatic heterocycles. The minimum Gasteiger partial charge on any atom is -0.475 e. The Morgan fingerprint density at radius 1 is 0.973 bits per heavy atom. The molecule has 0 radical (unpaired) electrons. The van der Waals surface area contributed by atoms with Gasteiger partial charge in [-0.3, -0.25) is 9.88 Å². The number of carboxylic acid groups (broad SMARTS) is 2. The summed E-state index contributed by atoms with van der Waals surface area (Å²) in [6.45, 7) is 3.55. The number of alkyl halides is 6. The number of halogens is 6. The number of hydrogen-bond acceptors (Lipinski definition) is 7. The molecule has 2 N–H and O–H groups in total. The maximum atomic E-state index is 10.6. The topological polar surface area (TPSA) is 122 Å². The maximum absolute atomic E-state index is 10.6. The third-order valence-electron chi connectivity index (χ3n) is 4.99. The number of aliphatic carboxylic acids is 2. The van der Waals surface area contributed by atoms with Gasteiger partial charge in [0.1, 0.15) is 6.10 Å². The van der Waals surface area contributed by atoms with Crippen molar-refractivity contribution in [3.63, 3.8) is 0 Å². The van der Waals surface area contributed by atoms with E-state index in [2.05, 4.69) is 20.9 Å². The van der Waals surface area contributed by atoms with Crippen LogP contribution in [0.3, 0.4) is 0 Å². The number of likely N-dealkylation sites (tertiary alicyclic amines) is 1. The Morgan fingerprint density at radius 2 is 1.51 bits per heavy atom. The van der Waals surface area contributed by atoms with Crippen molar-refractivity contribution in [2.75, 3.05) is 19.7 Å². The molecule has 204 valence electrons. The van der Waals surface area contributed by atoms with Gasteiger partial charge >= 0.3 is 24.3 Å². The molecule has 0 aromatic carbocycles. The molecule has 2 saturated heterocycles. The lowest BCUT2D eigenvalue weighted by Gasteiger charge is -2.52. The summed E-state index contributed by atoms with van der Waals surface area (Å²) in [5.41, 5.74) is 1.06. The SMILES string of the molecule is O=C(O)C(F)(F)F.O=C(O)C(F)(F)F.c1ccc(CN2CC3(CC(Oc4ccccn4)CCO3)C2)nc1. The van der Waals surface area contributed by atoms with Crippen LogP contribution in [0.25, 0.3) is 0 Å². The first-order chi connectivity index (χ1) is 17.2. The van der Waals surface area contributed by atoms with Crippen molar-refractivity contribution in [2.45, 2.75) is 43.4 Å². The maximum Gasteiger partial charge on any atom is 0.490 e. The van der Waals surface area contributed by atoms with Gasteiger partial charge in [0, 0.05) is 50.9 Å². The summed E-state index contributed by atoms with van der Waals surface area (Å²) < 4.78 is 75.6. The predicted octanol–water partition coefficient (Wildman–Crippen LogP) is 3.56. The highest BCUT2D eigenvalue weighted by atomic mass is 19.4. The van der Waals surface area contributed by atoms with Crippen LogP contribution in [0.1, 0.15) is 18.5 Å². The molecule has 2 aromatic rings. The summed E-state index contributed by atoms with van der Waals surface area (Å²) in [5, 5.41) is 14.2. The number of carbonyl (C=O) groups is 2. The van der Waals surface area contributed by atoms with Crippen LogP contribution < -0.4 is 4.74 Å². The highest BCUT2D eigenvalue weighted by Crippen LogP contribution is 2.36.